The van der Waals surface area contributed by atoms with E-state index in [4.69, 9.17) is 0 Å². The minimum Gasteiger partial charge on any atom is -0.335 e. The van der Waals surface area contributed by atoms with Crippen LogP contribution in [0, 0.1) is 5.92 Å². The van der Waals surface area contributed by atoms with Crippen molar-refractivity contribution in [1.29, 1.82) is 0 Å². The Hall–Kier alpha value is -2.29. The van der Waals surface area contributed by atoms with Crippen LogP contribution in [0.1, 0.15) is 77.5 Å². The molecule has 150 valence electrons. The molecule has 0 radical (unpaired) electrons. The topological polar surface area (TPSA) is 93.0 Å². The second-order valence-corrected chi connectivity index (χ2v) is 8.95. The van der Waals surface area contributed by atoms with Crippen molar-refractivity contribution in [2.24, 2.45) is 5.92 Å². The lowest BCUT2D eigenvalue weighted by Crippen LogP contribution is -2.41. The van der Waals surface area contributed by atoms with E-state index in [9.17, 15) is 9.59 Å². The van der Waals surface area contributed by atoms with E-state index in [1.54, 1.807) is 4.68 Å². The Morgan fingerprint density at radius 2 is 2.07 bits per heavy atom. The van der Waals surface area contributed by atoms with Crippen molar-refractivity contribution in [1.82, 2.24) is 24.9 Å². The first-order valence-corrected chi connectivity index (χ1v) is 10.8. The van der Waals surface area contributed by atoms with Crippen molar-refractivity contribution in [3.63, 3.8) is 0 Å². The number of nitrogens with zero attached hydrogens (tertiary/aromatic N) is 5. The monoisotopic (exact) mass is 402 g/mol. The Morgan fingerprint density at radius 1 is 1.29 bits per heavy atom. The Bertz CT molecular complexity index is 898. The number of anilines is 1. The predicted molar refractivity (Wildman–Crippen MR) is 107 cm³/mol. The van der Waals surface area contributed by atoms with Crippen molar-refractivity contribution in [3.8, 4) is 0 Å². The molecule has 1 aliphatic carbocycles. The normalized spacial score (nSPS) is 16.6. The molecule has 1 saturated carbocycles. The molecule has 4 rings (SSSR count). The van der Waals surface area contributed by atoms with Gasteiger partial charge in [-0.3, -0.25) is 19.6 Å². The number of hydrogen-bond acceptors (Lipinski definition) is 6. The van der Waals surface area contributed by atoms with E-state index in [0.717, 1.165) is 42.8 Å². The van der Waals surface area contributed by atoms with Crippen LogP contribution in [0.3, 0.4) is 0 Å². The third-order valence-corrected chi connectivity index (χ3v) is 6.21. The lowest BCUT2D eigenvalue weighted by atomic mass is 10.0. The quantitative estimate of drug-likeness (QED) is 0.769. The number of nitrogens with one attached hydrogen (secondary N) is 1. The summed E-state index contributed by atoms with van der Waals surface area (Å²) < 4.78 is 1.73. The maximum absolute atomic E-state index is 13.1. The highest BCUT2D eigenvalue weighted by Gasteiger charge is 2.40. The standard InChI is InChI=1S/C19H26N6O2S/c1-4-13-21-22-19(28-13)20-17(26)15-14(12-5-6-12)16-18(27)24(8-7-11(2)3)9-10-25(16)23-15/h11-12H,4-10H2,1-3H3,(H,20,22,26). The van der Waals surface area contributed by atoms with Gasteiger partial charge in [0.05, 0.1) is 6.54 Å². The molecule has 0 aromatic carbocycles. The fraction of sp³-hybridized carbons (Fsp3) is 0.632. The van der Waals surface area contributed by atoms with Crippen LogP contribution < -0.4 is 5.32 Å². The maximum Gasteiger partial charge on any atom is 0.278 e. The van der Waals surface area contributed by atoms with Crippen LogP contribution in [0.2, 0.25) is 0 Å². The lowest BCUT2D eigenvalue weighted by molar-refractivity contribution is 0.0687. The number of hydrogen-bond donors (Lipinski definition) is 1. The average molecular weight is 403 g/mol. The second kappa shape index (κ2) is 7.62. The summed E-state index contributed by atoms with van der Waals surface area (Å²) in [6, 6.07) is 0. The van der Waals surface area contributed by atoms with Gasteiger partial charge in [-0.25, -0.2) is 0 Å². The highest BCUT2D eigenvalue weighted by Crippen LogP contribution is 2.44. The summed E-state index contributed by atoms with van der Waals surface area (Å²) in [5, 5.41) is 16.7. The van der Waals surface area contributed by atoms with E-state index in [0.29, 0.717) is 35.5 Å². The minimum absolute atomic E-state index is 0.00420. The average Bonchev–Trinajstić information content (AvgIpc) is 3.27. The summed E-state index contributed by atoms with van der Waals surface area (Å²) in [6.45, 7) is 8.34. The number of carbonyl (C=O) groups excluding carboxylic acids is 2. The van der Waals surface area contributed by atoms with Gasteiger partial charge in [0.1, 0.15) is 10.7 Å². The zero-order chi connectivity index (χ0) is 19.8. The van der Waals surface area contributed by atoms with Crippen molar-refractivity contribution >= 4 is 28.3 Å². The number of carbonyl (C=O) groups is 2. The summed E-state index contributed by atoms with van der Waals surface area (Å²) in [7, 11) is 0. The molecule has 1 N–H and O–H groups in total. The third kappa shape index (κ3) is 3.67. The minimum atomic E-state index is -0.302. The molecule has 1 aliphatic heterocycles. The Labute approximate surface area is 168 Å². The largest absolute Gasteiger partial charge is 0.335 e. The summed E-state index contributed by atoms with van der Waals surface area (Å²) >= 11 is 1.37. The number of amides is 2. The smallest absolute Gasteiger partial charge is 0.278 e. The zero-order valence-electron chi connectivity index (χ0n) is 16.6. The van der Waals surface area contributed by atoms with Gasteiger partial charge in [0, 0.05) is 18.7 Å². The zero-order valence-corrected chi connectivity index (χ0v) is 17.4. The van der Waals surface area contributed by atoms with E-state index < -0.39 is 0 Å². The summed E-state index contributed by atoms with van der Waals surface area (Å²) in [6.07, 6.45) is 3.75. The SMILES string of the molecule is CCc1nnc(NC(=O)c2nn3c(c2C2CC2)C(=O)N(CCC(C)C)CC3)s1. The molecular formula is C19H26N6O2S. The van der Waals surface area contributed by atoms with Crippen LogP contribution in [0.15, 0.2) is 0 Å². The highest BCUT2D eigenvalue weighted by atomic mass is 32.1. The molecule has 2 aromatic heterocycles. The van der Waals surface area contributed by atoms with E-state index in [2.05, 4.69) is 34.5 Å². The fourth-order valence-corrected chi connectivity index (χ4v) is 4.16. The number of aryl methyl sites for hydroxylation is 1. The molecule has 9 heteroatoms. The Kier molecular flexibility index (Phi) is 5.18. The molecule has 3 heterocycles. The predicted octanol–water partition coefficient (Wildman–Crippen LogP) is 2.93. The number of rotatable bonds is 7. The highest BCUT2D eigenvalue weighted by molar-refractivity contribution is 7.15. The van der Waals surface area contributed by atoms with Crippen LogP contribution in [0.4, 0.5) is 5.13 Å². The molecule has 2 aromatic rings. The Morgan fingerprint density at radius 3 is 2.71 bits per heavy atom. The summed E-state index contributed by atoms with van der Waals surface area (Å²) in [4.78, 5) is 28.0. The van der Waals surface area contributed by atoms with Crippen LogP contribution in [-0.4, -0.2) is 49.8 Å². The van der Waals surface area contributed by atoms with Gasteiger partial charge in [-0.05, 0) is 37.5 Å². The lowest BCUT2D eigenvalue weighted by Gasteiger charge is -2.28. The van der Waals surface area contributed by atoms with Gasteiger partial charge in [0.15, 0.2) is 5.69 Å². The first-order valence-electron chi connectivity index (χ1n) is 10.0. The van der Waals surface area contributed by atoms with Gasteiger partial charge in [-0.15, -0.1) is 10.2 Å². The molecule has 0 saturated heterocycles. The molecule has 0 spiro atoms. The molecule has 0 unspecified atom stereocenters. The van der Waals surface area contributed by atoms with Crippen LogP contribution >= 0.6 is 11.3 Å². The maximum atomic E-state index is 13.1. The van der Waals surface area contributed by atoms with Crippen molar-refractivity contribution in [3.05, 3.63) is 22.0 Å². The summed E-state index contributed by atoms with van der Waals surface area (Å²) in [5.41, 5.74) is 1.79. The van der Waals surface area contributed by atoms with E-state index in [-0.39, 0.29) is 17.7 Å². The van der Waals surface area contributed by atoms with Gasteiger partial charge in [-0.2, -0.15) is 5.10 Å². The van der Waals surface area contributed by atoms with Crippen LogP contribution in [0.5, 0.6) is 0 Å². The first-order chi connectivity index (χ1) is 13.5. The fourth-order valence-electron chi connectivity index (χ4n) is 3.49. The van der Waals surface area contributed by atoms with Gasteiger partial charge in [-0.1, -0.05) is 32.1 Å². The first kappa shape index (κ1) is 19.0. The van der Waals surface area contributed by atoms with Crippen molar-refractivity contribution in [2.75, 3.05) is 18.4 Å². The third-order valence-electron chi connectivity index (χ3n) is 5.23. The van der Waals surface area contributed by atoms with Crippen molar-refractivity contribution < 1.29 is 9.59 Å². The molecule has 2 aliphatic rings. The molecule has 1 fully saturated rings. The van der Waals surface area contributed by atoms with Crippen LogP contribution in [-0.2, 0) is 13.0 Å². The second-order valence-electron chi connectivity index (χ2n) is 7.89. The van der Waals surface area contributed by atoms with E-state index in [1.807, 2.05) is 11.8 Å². The van der Waals surface area contributed by atoms with Crippen molar-refractivity contribution in [2.45, 2.75) is 58.9 Å². The van der Waals surface area contributed by atoms with E-state index in [1.165, 1.54) is 11.3 Å². The Balaban J connectivity index is 1.60. The number of aromatic nitrogens is 4. The molecule has 0 bridgehead atoms. The molecule has 8 nitrogen and oxygen atoms in total. The van der Waals surface area contributed by atoms with Gasteiger partial charge in [0.25, 0.3) is 11.8 Å². The van der Waals surface area contributed by atoms with Gasteiger partial charge in [0.2, 0.25) is 5.13 Å². The molecule has 28 heavy (non-hydrogen) atoms. The van der Waals surface area contributed by atoms with Crippen LogP contribution in [0.25, 0.3) is 0 Å². The summed E-state index contributed by atoms with van der Waals surface area (Å²) in [5.74, 6) is 0.497. The number of fused-ring (bicyclic) bond motifs is 1. The molecule has 2 amide bonds. The van der Waals surface area contributed by atoms with Gasteiger partial charge >= 0.3 is 0 Å². The van der Waals surface area contributed by atoms with Gasteiger partial charge < -0.3 is 4.90 Å². The molecule has 0 atom stereocenters. The molecular weight excluding hydrogens is 376 g/mol. The van der Waals surface area contributed by atoms with E-state index >= 15 is 0 Å².